The molecule has 21 heavy (non-hydrogen) atoms. The molecular weight excluding hydrogens is 328 g/mol. The average Bonchev–Trinajstić information content (AvgIpc) is 3.23. The van der Waals surface area contributed by atoms with Crippen molar-refractivity contribution in [1.82, 2.24) is 5.32 Å². The molecule has 0 radical (unpaired) electrons. The number of benzene rings is 1. The van der Waals surface area contributed by atoms with Crippen LogP contribution in [0.5, 0.6) is 5.75 Å². The van der Waals surface area contributed by atoms with Crippen molar-refractivity contribution in [3.63, 3.8) is 0 Å². The predicted molar refractivity (Wildman–Crippen MR) is 88.2 cm³/mol. The van der Waals surface area contributed by atoms with Crippen LogP contribution < -0.4 is 10.1 Å². The van der Waals surface area contributed by atoms with E-state index in [1.54, 1.807) is 0 Å². The number of nitrogens with zero attached hydrogens (tertiary/aromatic N) is 1. The molecule has 0 aliphatic heterocycles. The van der Waals surface area contributed by atoms with Gasteiger partial charge < -0.3 is 10.1 Å². The second kappa shape index (κ2) is 7.29. The van der Waals surface area contributed by atoms with Gasteiger partial charge in [-0.2, -0.15) is 5.26 Å². The second-order valence-corrected chi connectivity index (χ2v) is 6.90. The molecule has 1 aliphatic carbocycles. The van der Waals surface area contributed by atoms with Gasteiger partial charge in [0.1, 0.15) is 5.75 Å². The average molecular weight is 351 g/mol. The van der Waals surface area contributed by atoms with Crippen LogP contribution in [0.25, 0.3) is 0 Å². The summed E-state index contributed by atoms with van der Waals surface area (Å²) in [5, 5.41) is 12.4. The summed E-state index contributed by atoms with van der Waals surface area (Å²) < 4.78 is 7.10. The van der Waals surface area contributed by atoms with Crippen molar-refractivity contribution < 1.29 is 4.74 Å². The third-order valence-electron chi connectivity index (χ3n) is 4.09. The van der Waals surface area contributed by atoms with Crippen LogP contribution in [0, 0.1) is 16.7 Å². The third-order valence-corrected chi connectivity index (χ3v) is 4.58. The van der Waals surface area contributed by atoms with E-state index < -0.39 is 0 Å². The zero-order valence-electron chi connectivity index (χ0n) is 12.8. The SMILES string of the molecule is CCCNC(C)c1ccc(Br)cc1OCC1(CC#N)CC1. The van der Waals surface area contributed by atoms with Crippen LogP contribution in [0.2, 0.25) is 0 Å². The highest BCUT2D eigenvalue weighted by atomic mass is 79.9. The fraction of sp³-hybridized carbons (Fsp3) is 0.588. The van der Waals surface area contributed by atoms with Gasteiger partial charge in [0.15, 0.2) is 0 Å². The molecule has 0 bridgehead atoms. The zero-order chi connectivity index (χ0) is 15.3. The summed E-state index contributed by atoms with van der Waals surface area (Å²) in [5.74, 6) is 0.921. The van der Waals surface area contributed by atoms with Crippen molar-refractivity contribution in [3.8, 4) is 11.8 Å². The van der Waals surface area contributed by atoms with Gasteiger partial charge in [0.2, 0.25) is 0 Å². The summed E-state index contributed by atoms with van der Waals surface area (Å²) in [4.78, 5) is 0. The first kappa shape index (κ1) is 16.3. The van der Waals surface area contributed by atoms with Crippen LogP contribution in [-0.4, -0.2) is 13.2 Å². The predicted octanol–water partition coefficient (Wildman–Crippen LogP) is 4.58. The van der Waals surface area contributed by atoms with Crippen molar-refractivity contribution in [2.24, 2.45) is 5.41 Å². The number of hydrogen-bond acceptors (Lipinski definition) is 3. The molecule has 1 N–H and O–H groups in total. The topological polar surface area (TPSA) is 45.0 Å². The van der Waals surface area contributed by atoms with E-state index in [2.05, 4.69) is 53.3 Å². The molecule has 1 aromatic carbocycles. The van der Waals surface area contributed by atoms with Gasteiger partial charge >= 0.3 is 0 Å². The molecule has 2 rings (SSSR count). The van der Waals surface area contributed by atoms with Crippen LogP contribution in [-0.2, 0) is 0 Å². The first-order valence-electron chi connectivity index (χ1n) is 7.63. The Morgan fingerprint density at radius 2 is 2.24 bits per heavy atom. The molecular formula is C17H23BrN2O. The third kappa shape index (κ3) is 4.46. The Kier molecular flexibility index (Phi) is 5.66. The number of rotatable bonds is 8. The van der Waals surface area contributed by atoms with E-state index in [0.29, 0.717) is 13.0 Å². The van der Waals surface area contributed by atoms with Gasteiger partial charge in [-0.1, -0.05) is 28.9 Å². The molecule has 1 aromatic rings. The quantitative estimate of drug-likeness (QED) is 0.745. The molecule has 1 fully saturated rings. The maximum absolute atomic E-state index is 8.90. The highest BCUT2D eigenvalue weighted by molar-refractivity contribution is 9.10. The van der Waals surface area contributed by atoms with Crippen LogP contribution in [0.1, 0.15) is 51.1 Å². The summed E-state index contributed by atoms with van der Waals surface area (Å²) in [7, 11) is 0. The summed E-state index contributed by atoms with van der Waals surface area (Å²) >= 11 is 3.51. The maximum Gasteiger partial charge on any atom is 0.125 e. The van der Waals surface area contributed by atoms with E-state index in [0.717, 1.165) is 36.0 Å². The van der Waals surface area contributed by atoms with E-state index >= 15 is 0 Å². The molecule has 0 heterocycles. The molecule has 3 nitrogen and oxygen atoms in total. The van der Waals surface area contributed by atoms with Gasteiger partial charge in [0.05, 0.1) is 12.7 Å². The minimum absolute atomic E-state index is 0.106. The fourth-order valence-corrected chi connectivity index (χ4v) is 2.75. The summed E-state index contributed by atoms with van der Waals surface area (Å²) in [5.41, 5.74) is 1.29. The first-order chi connectivity index (χ1) is 10.1. The van der Waals surface area contributed by atoms with Gasteiger partial charge in [-0.25, -0.2) is 0 Å². The van der Waals surface area contributed by atoms with Crippen molar-refractivity contribution >= 4 is 15.9 Å². The smallest absolute Gasteiger partial charge is 0.125 e. The Balaban J connectivity index is 2.06. The normalized spacial score (nSPS) is 17.0. The number of ether oxygens (including phenoxy) is 1. The van der Waals surface area contributed by atoms with Gasteiger partial charge in [-0.3, -0.25) is 0 Å². The van der Waals surface area contributed by atoms with Crippen LogP contribution in [0.3, 0.4) is 0 Å². The minimum Gasteiger partial charge on any atom is -0.493 e. The van der Waals surface area contributed by atoms with E-state index in [4.69, 9.17) is 10.00 Å². The lowest BCUT2D eigenvalue weighted by Gasteiger charge is -2.20. The molecule has 1 saturated carbocycles. The van der Waals surface area contributed by atoms with Gasteiger partial charge in [-0.15, -0.1) is 0 Å². The molecule has 114 valence electrons. The Morgan fingerprint density at radius 3 is 2.86 bits per heavy atom. The Hall–Kier alpha value is -1.05. The zero-order valence-corrected chi connectivity index (χ0v) is 14.4. The number of nitriles is 1. The number of halogens is 1. The van der Waals surface area contributed by atoms with Crippen LogP contribution in [0.15, 0.2) is 22.7 Å². The second-order valence-electron chi connectivity index (χ2n) is 5.98. The van der Waals surface area contributed by atoms with Crippen molar-refractivity contribution in [2.75, 3.05) is 13.2 Å². The summed E-state index contributed by atoms with van der Waals surface area (Å²) in [6.45, 7) is 5.96. The standard InChI is InChI=1S/C17H23BrN2O/c1-3-10-20-13(2)15-5-4-14(18)11-16(15)21-12-17(6-7-17)8-9-19/h4-5,11,13,20H,3,6-8,10,12H2,1-2H3. The van der Waals surface area contributed by atoms with Gasteiger partial charge in [-0.05, 0) is 44.9 Å². The summed E-state index contributed by atoms with van der Waals surface area (Å²) in [6.07, 6.45) is 3.92. The van der Waals surface area contributed by atoms with Gasteiger partial charge in [0, 0.05) is 27.9 Å². The molecule has 0 amide bonds. The molecule has 0 saturated heterocycles. The summed E-state index contributed by atoms with van der Waals surface area (Å²) in [6, 6.07) is 8.73. The highest BCUT2D eigenvalue weighted by Crippen LogP contribution is 2.49. The molecule has 1 aliphatic rings. The number of hydrogen-bond donors (Lipinski definition) is 1. The molecule has 0 spiro atoms. The lowest BCUT2D eigenvalue weighted by Crippen LogP contribution is -2.21. The maximum atomic E-state index is 8.90. The van der Waals surface area contributed by atoms with Crippen molar-refractivity contribution in [1.29, 1.82) is 5.26 Å². The lowest BCUT2D eigenvalue weighted by molar-refractivity contribution is 0.233. The minimum atomic E-state index is 0.106. The van der Waals surface area contributed by atoms with Crippen molar-refractivity contribution in [3.05, 3.63) is 28.2 Å². The molecule has 0 aromatic heterocycles. The Bertz CT molecular complexity index is 520. The van der Waals surface area contributed by atoms with Crippen molar-refractivity contribution in [2.45, 2.75) is 45.6 Å². The fourth-order valence-electron chi connectivity index (χ4n) is 2.41. The van der Waals surface area contributed by atoms with Crippen LogP contribution >= 0.6 is 15.9 Å². The van der Waals surface area contributed by atoms with E-state index in [1.165, 1.54) is 5.56 Å². The first-order valence-corrected chi connectivity index (χ1v) is 8.42. The Labute approximate surface area is 135 Å². The molecule has 4 heteroatoms. The molecule has 1 unspecified atom stereocenters. The monoisotopic (exact) mass is 350 g/mol. The van der Waals surface area contributed by atoms with E-state index in [1.807, 2.05) is 6.07 Å². The van der Waals surface area contributed by atoms with Crippen LogP contribution in [0.4, 0.5) is 0 Å². The largest absolute Gasteiger partial charge is 0.493 e. The molecule has 1 atom stereocenters. The van der Waals surface area contributed by atoms with Gasteiger partial charge in [0.25, 0.3) is 0 Å². The number of nitrogens with one attached hydrogen (secondary N) is 1. The van der Waals surface area contributed by atoms with E-state index in [-0.39, 0.29) is 11.5 Å². The lowest BCUT2D eigenvalue weighted by atomic mass is 10.0. The Morgan fingerprint density at radius 1 is 1.48 bits per heavy atom. The highest BCUT2D eigenvalue weighted by Gasteiger charge is 2.43. The van der Waals surface area contributed by atoms with E-state index in [9.17, 15) is 0 Å².